The average Bonchev–Trinajstić information content (AvgIpc) is 2.51. The van der Waals surface area contributed by atoms with Crippen molar-refractivity contribution in [2.45, 2.75) is 20.8 Å². The maximum absolute atomic E-state index is 12.9. The normalized spacial score (nSPS) is 12.2. The van der Waals surface area contributed by atoms with Gasteiger partial charge in [-0.15, -0.1) is 0 Å². The molecule has 0 aliphatic heterocycles. The van der Waals surface area contributed by atoms with Gasteiger partial charge in [0.05, 0.1) is 18.1 Å². The highest BCUT2D eigenvalue weighted by Crippen LogP contribution is 2.32. The summed E-state index contributed by atoms with van der Waals surface area (Å²) in [5.41, 5.74) is 0.0315. The molecule has 0 aliphatic carbocycles. The van der Waals surface area contributed by atoms with Crippen LogP contribution in [0, 0.1) is 12.3 Å². The monoisotopic (exact) mass is 303 g/mol. The SMILES string of the molecule is CNC(=O)C(C)(C)/C(C(=O)c1ccccc1C)=C(/C=O)OC. The van der Waals surface area contributed by atoms with Gasteiger partial charge in [0.25, 0.3) is 0 Å². The second-order valence-corrected chi connectivity index (χ2v) is 5.41. The van der Waals surface area contributed by atoms with Crippen molar-refractivity contribution in [1.82, 2.24) is 5.32 Å². The molecule has 0 saturated carbocycles. The first kappa shape index (κ1) is 17.6. The predicted octanol–water partition coefficient (Wildman–Crippen LogP) is 2.05. The number of amides is 1. The van der Waals surface area contributed by atoms with Gasteiger partial charge >= 0.3 is 0 Å². The van der Waals surface area contributed by atoms with Crippen LogP contribution in [0.3, 0.4) is 0 Å². The topological polar surface area (TPSA) is 72.5 Å². The molecule has 0 bridgehead atoms. The van der Waals surface area contributed by atoms with Gasteiger partial charge in [0.1, 0.15) is 0 Å². The molecule has 1 aromatic carbocycles. The van der Waals surface area contributed by atoms with E-state index in [0.717, 1.165) is 5.56 Å². The highest BCUT2D eigenvalue weighted by atomic mass is 16.5. The Kier molecular flexibility index (Phi) is 5.63. The molecule has 1 N–H and O–H groups in total. The number of Topliss-reactive ketones (excluding diaryl/α,β-unsaturated/α-hetero) is 1. The van der Waals surface area contributed by atoms with Crippen LogP contribution in [0.15, 0.2) is 35.6 Å². The van der Waals surface area contributed by atoms with E-state index in [9.17, 15) is 14.4 Å². The summed E-state index contributed by atoms with van der Waals surface area (Å²) in [5.74, 6) is -0.904. The number of carbonyl (C=O) groups excluding carboxylic acids is 3. The fraction of sp³-hybridized carbons (Fsp3) is 0.353. The van der Waals surface area contributed by atoms with Crippen molar-refractivity contribution in [3.63, 3.8) is 0 Å². The minimum absolute atomic E-state index is 0.0404. The second kappa shape index (κ2) is 7.02. The number of rotatable bonds is 6. The number of carbonyl (C=O) groups is 3. The van der Waals surface area contributed by atoms with Gasteiger partial charge in [-0.25, -0.2) is 0 Å². The molecule has 0 aliphatic rings. The van der Waals surface area contributed by atoms with Gasteiger partial charge in [0, 0.05) is 12.6 Å². The molecule has 118 valence electrons. The number of ether oxygens (including phenoxy) is 1. The fourth-order valence-corrected chi connectivity index (χ4v) is 2.30. The van der Waals surface area contributed by atoms with Crippen molar-refractivity contribution in [1.29, 1.82) is 0 Å². The molecular weight excluding hydrogens is 282 g/mol. The lowest BCUT2D eigenvalue weighted by Crippen LogP contribution is -2.39. The van der Waals surface area contributed by atoms with E-state index in [1.165, 1.54) is 14.2 Å². The summed E-state index contributed by atoms with van der Waals surface area (Å²) in [6.45, 7) is 4.96. The Morgan fingerprint density at radius 1 is 1.23 bits per heavy atom. The molecule has 0 fully saturated rings. The highest BCUT2D eigenvalue weighted by Gasteiger charge is 2.39. The number of benzene rings is 1. The number of allylic oxidation sites excluding steroid dienone is 1. The molecule has 1 amide bonds. The van der Waals surface area contributed by atoms with Crippen LogP contribution in [-0.2, 0) is 14.3 Å². The molecule has 0 saturated heterocycles. The van der Waals surface area contributed by atoms with Crippen LogP contribution in [0.25, 0.3) is 0 Å². The van der Waals surface area contributed by atoms with Crippen LogP contribution in [-0.4, -0.2) is 32.1 Å². The van der Waals surface area contributed by atoms with Crippen molar-refractivity contribution in [2.24, 2.45) is 5.41 Å². The molecule has 0 aromatic heterocycles. The summed E-state index contributed by atoms with van der Waals surface area (Å²) in [6.07, 6.45) is 0.455. The molecule has 0 spiro atoms. The Morgan fingerprint density at radius 2 is 1.82 bits per heavy atom. The third-order valence-electron chi connectivity index (χ3n) is 3.61. The number of ketones is 1. The summed E-state index contributed by atoms with van der Waals surface area (Å²) in [4.78, 5) is 36.4. The Morgan fingerprint density at radius 3 is 2.27 bits per heavy atom. The van der Waals surface area contributed by atoms with Crippen molar-refractivity contribution in [2.75, 3.05) is 14.2 Å². The average molecular weight is 303 g/mol. The van der Waals surface area contributed by atoms with E-state index in [1.54, 1.807) is 39.0 Å². The van der Waals surface area contributed by atoms with Gasteiger partial charge in [-0.1, -0.05) is 24.3 Å². The third kappa shape index (κ3) is 3.24. The van der Waals surface area contributed by atoms with Gasteiger partial charge in [-0.3, -0.25) is 14.4 Å². The van der Waals surface area contributed by atoms with E-state index >= 15 is 0 Å². The maximum atomic E-state index is 12.9. The first-order valence-corrected chi connectivity index (χ1v) is 6.87. The smallest absolute Gasteiger partial charge is 0.230 e. The molecular formula is C17H21NO4. The Labute approximate surface area is 130 Å². The molecule has 1 aromatic rings. The van der Waals surface area contributed by atoms with Crippen LogP contribution >= 0.6 is 0 Å². The van der Waals surface area contributed by atoms with Gasteiger partial charge in [-0.05, 0) is 26.3 Å². The Bertz CT molecular complexity index is 629. The number of aryl methyl sites for hydroxylation is 1. The maximum Gasteiger partial charge on any atom is 0.230 e. The lowest BCUT2D eigenvalue weighted by Gasteiger charge is -2.26. The van der Waals surface area contributed by atoms with Gasteiger partial charge in [0.2, 0.25) is 5.91 Å². The first-order chi connectivity index (χ1) is 10.3. The Hall–Kier alpha value is -2.43. The summed E-state index contributed by atoms with van der Waals surface area (Å²) < 4.78 is 5.04. The molecule has 1 rings (SSSR count). The van der Waals surface area contributed by atoms with Crippen molar-refractivity contribution in [3.8, 4) is 0 Å². The number of methoxy groups -OCH3 is 1. The lowest BCUT2D eigenvalue weighted by atomic mass is 9.78. The van der Waals surface area contributed by atoms with Crippen LogP contribution < -0.4 is 5.32 Å². The number of hydrogen-bond acceptors (Lipinski definition) is 4. The minimum Gasteiger partial charge on any atom is -0.493 e. The van der Waals surface area contributed by atoms with E-state index < -0.39 is 11.2 Å². The number of aldehydes is 1. The third-order valence-corrected chi connectivity index (χ3v) is 3.61. The van der Waals surface area contributed by atoms with Crippen LogP contribution in [0.5, 0.6) is 0 Å². The lowest BCUT2D eigenvalue weighted by molar-refractivity contribution is -0.127. The molecule has 0 heterocycles. The van der Waals surface area contributed by atoms with Gasteiger partial charge in [0.15, 0.2) is 17.8 Å². The zero-order valence-corrected chi connectivity index (χ0v) is 13.5. The van der Waals surface area contributed by atoms with Crippen LogP contribution in [0.4, 0.5) is 0 Å². The summed E-state index contributed by atoms with van der Waals surface area (Å²) >= 11 is 0. The quantitative estimate of drug-likeness (QED) is 0.378. The van der Waals surface area contributed by atoms with E-state index in [2.05, 4.69) is 5.32 Å². The Balaban J connectivity index is 3.58. The fourth-order valence-electron chi connectivity index (χ4n) is 2.30. The predicted molar refractivity (Wildman–Crippen MR) is 83.5 cm³/mol. The molecule has 0 radical (unpaired) electrons. The minimum atomic E-state index is -1.21. The highest BCUT2D eigenvalue weighted by molar-refractivity contribution is 6.15. The molecule has 0 atom stereocenters. The molecule has 0 unspecified atom stereocenters. The van der Waals surface area contributed by atoms with E-state index in [0.29, 0.717) is 11.8 Å². The van der Waals surface area contributed by atoms with E-state index in [1.807, 2.05) is 6.07 Å². The standard InChI is InChI=1S/C17H21NO4/c1-11-8-6-7-9-12(11)15(20)14(13(10-19)22-5)17(2,3)16(21)18-4/h6-10H,1-5H3,(H,18,21)/b14-13-. The number of nitrogens with one attached hydrogen (secondary N) is 1. The van der Waals surface area contributed by atoms with E-state index in [-0.39, 0.29) is 17.2 Å². The number of hydrogen-bond donors (Lipinski definition) is 1. The van der Waals surface area contributed by atoms with Crippen molar-refractivity contribution < 1.29 is 19.1 Å². The van der Waals surface area contributed by atoms with Crippen LogP contribution in [0.2, 0.25) is 0 Å². The zero-order valence-electron chi connectivity index (χ0n) is 13.5. The molecule has 5 heteroatoms. The molecule has 5 nitrogen and oxygen atoms in total. The summed E-state index contributed by atoms with van der Waals surface area (Å²) in [5, 5.41) is 2.51. The van der Waals surface area contributed by atoms with E-state index in [4.69, 9.17) is 4.74 Å². The van der Waals surface area contributed by atoms with Crippen molar-refractivity contribution >= 4 is 18.0 Å². The van der Waals surface area contributed by atoms with Crippen molar-refractivity contribution in [3.05, 3.63) is 46.7 Å². The first-order valence-electron chi connectivity index (χ1n) is 6.87. The van der Waals surface area contributed by atoms with Crippen LogP contribution in [0.1, 0.15) is 29.8 Å². The molecule has 22 heavy (non-hydrogen) atoms. The van der Waals surface area contributed by atoms with Gasteiger partial charge in [-0.2, -0.15) is 0 Å². The summed E-state index contributed by atoms with van der Waals surface area (Å²) in [7, 11) is 2.78. The largest absolute Gasteiger partial charge is 0.493 e. The zero-order chi connectivity index (χ0) is 16.9. The summed E-state index contributed by atoms with van der Waals surface area (Å²) in [6, 6.07) is 7.01. The van der Waals surface area contributed by atoms with Gasteiger partial charge < -0.3 is 10.1 Å². The second-order valence-electron chi connectivity index (χ2n) is 5.41.